The minimum atomic E-state index is -0.425. The summed E-state index contributed by atoms with van der Waals surface area (Å²) in [7, 11) is 0. The van der Waals surface area contributed by atoms with Gasteiger partial charge in [-0.3, -0.25) is 4.79 Å². The van der Waals surface area contributed by atoms with Gasteiger partial charge in [0.25, 0.3) is 5.91 Å². The fourth-order valence-electron chi connectivity index (χ4n) is 2.53. The summed E-state index contributed by atoms with van der Waals surface area (Å²) in [6.07, 6.45) is 4.29. The third kappa shape index (κ3) is 4.23. The van der Waals surface area contributed by atoms with Crippen LogP contribution >= 0.6 is 0 Å². The van der Waals surface area contributed by atoms with Crippen LogP contribution in [0.5, 0.6) is 0 Å². The molecule has 0 aromatic heterocycles. The van der Waals surface area contributed by atoms with E-state index in [-0.39, 0.29) is 12.0 Å². The van der Waals surface area contributed by atoms with Crippen LogP contribution in [0.3, 0.4) is 0 Å². The molecule has 1 aliphatic rings. The number of carbonyl (C=O) groups excluding carboxylic acids is 1. The molecule has 1 aromatic rings. The van der Waals surface area contributed by atoms with Crippen LogP contribution in [0, 0.1) is 5.92 Å². The Morgan fingerprint density at radius 2 is 1.85 bits per heavy atom. The Bertz CT molecular complexity index is 436. The third-order valence-electron chi connectivity index (χ3n) is 3.91. The van der Waals surface area contributed by atoms with Gasteiger partial charge in [-0.2, -0.15) is 0 Å². The van der Waals surface area contributed by atoms with Gasteiger partial charge in [0, 0.05) is 11.4 Å². The number of nitrogen functional groups attached to an aromatic ring is 1. The fraction of sp³-hybridized carbons (Fsp3) is 0.562. The summed E-state index contributed by atoms with van der Waals surface area (Å²) < 4.78 is 5.86. The highest BCUT2D eigenvalue weighted by molar-refractivity contribution is 5.94. The lowest BCUT2D eigenvalue weighted by molar-refractivity contribution is -0.131. The van der Waals surface area contributed by atoms with Crippen molar-refractivity contribution in [1.29, 1.82) is 0 Å². The zero-order valence-electron chi connectivity index (χ0n) is 12.3. The second-order valence-electron chi connectivity index (χ2n) is 5.77. The third-order valence-corrected chi connectivity index (χ3v) is 3.91. The first kappa shape index (κ1) is 14.9. The zero-order valence-corrected chi connectivity index (χ0v) is 12.3. The van der Waals surface area contributed by atoms with Gasteiger partial charge < -0.3 is 15.8 Å². The molecule has 20 heavy (non-hydrogen) atoms. The molecule has 0 heterocycles. The highest BCUT2D eigenvalue weighted by Crippen LogP contribution is 2.26. The Balaban J connectivity index is 1.81. The molecule has 110 valence electrons. The molecule has 2 rings (SSSR count). The Labute approximate surface area is 120 Å². The number of rotatable bonds is 4. The highest BCUT2D eigenvalue weighted by Gasteiger charge is 2.23. The molecule has 0 saturated heterocycles. The van der Waals surface area contributed by atoms with Crippen LogP contribution in [-0.4, -0.2) is 18.1 Å². The van der Waals surface area contributed by atoms with Gasteiger partial charge in [-0.25, -0.2) is 0 Å². The first-order valence-electron chi connectivity index (χ1n) is 7.36. The van der Waals surface area contributed by atoms with E-state index in [1.807, 2.05) is 6.92 Å². The minimum absolute atomic E-state index is 0.103. The second kappa shape index (κ2) is 6.75. The van der Waals surface area contributed by atoms with E-state index in [4.69, 9.17) is 10.5 Å². The maximum Gasteiger partial charge on any atom is 0.253 e. The van der Waals surface area contributed by atoms with Crippen molar-refractivity contribution >= 4 is 17.3 Å². The van der Waals surface area contributed by atoms with E-state index >= 15 is 0 Å². The van der Waals surface area contributed by atoms with E-state index < -0.39 is 6.10 Å². The number of hydrogen-bond acceptors (Lipinski definition) is 3. The Morgan fingerprint density at radius 1 is 1.25 bits per heavy atom. The first-order valence-corrected chi connectivity index (χ1v) is 7.36. The van der Waals surface area contributed by atoms with Crippen molar-refractivity contribution in [3.05, 3.63) is 24.3 Å². The van der Waals surface area contributed by atoms with Crippen LogP contribution in [0.25, 0.3) is 0 Å². The summed E-state index contributed by atoms with van der Waals surface area (Å²) >= 11 is 0. The molecule has 1 fully saturated rings. The van der Waals surface area contributed by atoms with Crippen molar-refractivity contribution in [2.24, 2.45) is 5.92 Å². The maximum absolute atomic E-state index is 12.1. The van der Waals surface area contributed by atoms with E-state index in [0.29, 0.717) is 5.69 Å². The van der Waals surface area contributed by atoms with E-state index in [1.54, 1.807) is 24.3 Å². The average molecular weight is 276 g/mol. The minimum Gasteiger partial charge on any atom is -0.399 e. The zero-order chi connectivity index (χ0) is 14.5. The summed E-state index contributed by atoms with van der Waals surface area (Å²) in [4.78, 5) is 12.1. The predicted octanol–water partition coefficient (Wildman–Crippen LogP) is 3.19. The number of benzene rings is 1. The summed E-state index contributed by atoms with van der Waals surface area (Å²) in [5.41, 5.74) is 7.05. The molecule has 1 atom stereocenters. The lowest BCUT2D eigenvalue weighted by atomic mass is 9.89. The first-order chi connectivity index (χ1) is 9.54. The van der Waals surface area contributed by atoms with Crippen LogP contribution in [0.2, 0.25) is 0 Å². The standard InChI is InChI=1S/C16H24N2O2/c1-11-3-9-15(10-4-11)20-12(2)16(19)18-14-7-5-13(17)6-8-14/h5-8,11-12,15H,3-4,9-10,17H2,1-2H3,(H,18,19). The molecular formula is C16H24N2O2. The van der Waals surface area contributed by atoms with Crippen molar-refractivity contribution in [3.63, 3.8) is 0 Å². The summed E-state index contributed by atoms with van der Waals surface area (Å²) in [6.45, 7) is 4.08. The number of nitrogens with one attached hydrogen (secondary N) is 1. The lowest BCUT2D eigenvalue weighted by Gasteiger charge is -2.28. The van der Waals surface area contributed by atoms with Gasteiger partial charge in [-0.05, 0) is 62.8 Å². The topological polar surface area (TPSA) is 64.3 Å². The molecule has 3 N–H and O–H groups in total. The quantitative estimate of drug-likeness (QED) is 0.830. The average Bonchev–Trinajstić information content (AvgIpc) is 2.44. The largest absolute Gasteiger partial charge is 0.399 e. The number of nitrogens with two attached hydrogens (primary N) is 1. The van der Waals surface area contributed by atoms with Crippen molar-refractivity contribution in [3.8, 4) is 0 Å². The SMILES string of the molecule is CC1CCC(OC(C)C(=O)Nc2ccc(N)cc2)CC1. The maximum atomic E-state index is 12.1. The number of hydrogen-bond donors (Lipinski definition) is 2. The molecule has 0 bridgehead atoms. The van der Waals surface area contributed by atoms with E-state index in [0.717, 1.165) is 24.4 Å². The van der Waals surface area contributed by atoms with Gasteiger partial charge in [0.15, 0.2) is 0 Å². The molecule has 4 heteroatoms. The van der Waals surface area contributed by atoms with Crippen LogP contribution in [-0.2, 0) is 9.53 Å². The monoisotopic (exact) mass is 276 g/mol. The number of ether oxygens (including phenoxy) is 1. The summed E-state index contributed by atoms with van der Waals surface area (Å²) in [5.74, 6) is 0.683. The second-order valence-corrected chi connectivity index (χ2v) is 5.77. The Hall–Kier alpha value is -1.55. The number of anilines is 2. The van der Waals surface area contributed by atoms with Crippen molar-refractivity contribution < 1.29 is 9.53 Å². The molecular weight excluding hydrogens is 252 g/mol. The van der Waals surface area contributed by atoms with Crippen LogP contribution in [0.4, 0.5) is 11.4 Å². The normalized spacial score (nSPS) is 24.1. The van der Waals surface area contributed by atoms with Crippen LogP contribution in [0.1, 0.15) is 39.5 Å². The molecule has 0 radical (unpaired) electrons. The molecule has 4 nitrogen and oxygen atoms in total. The van der Waals surface area contributed by atoms with Gasteiger partial charge in [-0.15, -0.1) is 0 Å². The molecule has 1 aromatic carbocycles. The highest BCUT2D eigenvalue weighted by atomic mass is 16.5. The molecule has 0 aliphatic heterocycles. The van der Waals surface area contributed by atoms with Gasteiger partial charge in [0.05, 0.1) is 6.10 Å². The molecule has 0 spiro atoms. The van der Waals surface area contributed by atoms with Gasteiger partial charge >= 0.3 is 0 Å². The number of amides is 1. The summed E-state index contributed by atoms with van der Waals surface area (Å²) in [6, 6.07) is 7.12. The Kier molecular flexibility index (Phi) is 5.01. The molecule has 1 aliphatic carbocycles. The summed E-state index contributed by atoms with van der Waals surface area (Å²) in [5, 5.41) is 2.85. The molecule has 1 amide bonds. The molecule has 1 unspecified atom stereocenters. The van der Waals surface area contributed by atoms with Crippen LogP contribution in [0.15, 0.2) is 24.3 Å². The predicted molar refractivity (Wildman–Crippen MR) is 81.5 cm³/mol. The Morgan fingerprint density at radius 3 is 2.45 bits per heavy atom. The van der Waals surface area contributed by atoms with Gasteiger partial charge in [0.2, 0.25) is 0 Å². The van der Waals surface area contributed by atoms with Gasteiger partial charge in [0.1, 0.15) is 6.10 Å². The lowest BCUT2D eigenvalue weighted by Crippen LogP contribution is -2.33. The smallest absolute Gasteiger partial charge is 0.253 e. The van der Waals surface area contributed by atoms with Gasteiger partial charge in [-0.1, -0.05) is 6.92 Å². The molecule has 1 saturated carbocycles. The van der Waals surface area contributed by atoms with Crippen molar-refractivity contribution in [2.45, 2.75) is 51.7 Å². The van der Waals surface area contributed by atoms with Crippen molar-refractivity contribution in [2.75, 3.05) is 11.1 Å². The van der Waals surface area contributed by atoms with Crippen LogP contribution < -0.4 is 11.1 Å². The van der Waals surface area contributed by atoms with E-state index in [1.165, 1.54) is 12.8 Å². The number of carbonyl (C=O) groups is 1. The van der Waals surface area contributed by atoms with E-state index in [9.17, 15) is 4.79 Å². The fourth-order valence-corrected chi connectivity index (χ4v) is 2.53. The van der Waals surface area contributed by atoms with Crippen molar-refractivity contribution in [1.82, 2.24) is 0 Å². The van der Waals surface area contributed by atoms with E-state index in [2.05, 4.69) is 12.2 Å².